The zero-order valence-corrected chi connectivity index (χ0v) is 13.3. The van der Waals surface area contributed by atoms with Crippen LogP contribution in [0.3, 0.4) is 0 Å². The van der Waals surface area contributed by atoms with Gasteiger partial charge in [0.25, 0.3) is 15.9 Å². The topological polar surface area (TPSA) is 87.4 Å². The van der Waals surface area contributed by atoms with Crippen molar-refractivity contribution in [3.8, 4) is 5.75 Å². The van der Waals surface area contributed by atoms with Gasteiger partial charge in [-0.25, -0.2) is 17.8 Å². The van der Waals surface area contributed by atoms with Crippen LogP contribution < -0.4 is 10.4 Å². The molecule has 1 aromatic heterocycles. The maximum absolute atomic E-state index is 12.4. The Labute approximate surface area is 131 Å². The minimum atomic E-state index is -4.10. The lowest BCUT2D eigenvalue weighted by Gasteiger charge is -2.06. The van der Waals surface area contributed by atoms with Gasteiger partial charge in [-0.05, 0) is 31.2 Å². The van der Waals surface area contributed by atoms with Gasteiger partial charge in [0, 0.05) is 12.4 Å². The molecule has 0 saturated heterocycles. The van der Waals surface area contributed by atoms with Gasteiger partial charge in [-0.2, -0.15) is 3.97 Å². The first-order chi connectivity index (χ1) is 10.3. The molecule has 0 fully saturated rings. The van der Waals surface area contributed by atoms with Crippen LogP contribution in [0.2, 0.25) is 0 Å². The minimum absolute atomic E-state index is 0.0977. The number of carbonyl (C=O) groups excluding carboxylic acids is 1. The number of rotatable bonds is 4. The fraction of sp³-hybridized carbons (Fsp3) is 0.231. The molecule has 1 heterocycles. The summed E-state index contributed by atoms with van der Waals surface area (Å²) < 4.78 is 31.0. The average Bonchev–Trinajstić information content (AvgIpc) is 2.88. The summed E-state index contributed by atoms with van der Waals surface area (Å²) in [7, 11) is -2.65. The average molecular weight is 345 g/mol. The van der Waals surface area contributed by atoms with Gasteiger partial charge in [-0.1, -0.05) is 0 Å². The fourth-order valence-electron chi connectivity index (χ4n) is 1.76. The smallest absolute Gasteiger partial charge is 0.349 e. The second kappa shape index (κ2) is 5.98. The van der Waals surface area contributed by atoms with E-state index in [4.69, 9.17) is 16.3 Å². The molecule has 0 saturated carbocycles. The third-order valence-electron chi connectivity index (χ3n) is 2.94. The number of hydrogen-bond donors (Lipinski definition) is 0. The lowest BCUT2D eigenvalue weighted by atomic mass is 10.3. The van der Waals surface area contributed by atoms with Crippen LogP contribution in [0.1, 0.15) is 11.7 Å². The number of hydrogen-bond acceptors (Lipinski definition) is 5. The predicted octanol–water partition coefficient (Wildman–Crippen LogP) is 1.16. The molecule has 0 N–H and O–H groups in total. The molecule has 0 aliphatic heterocycles. The summed E-state index contributed by atoms with van der Waals surface area (Å²) in [6.07, 6.45) is 2.09. The summed E-state index contributed by atoms with van der Waals surface area (Å²) in [5.41, 5.74) is -0.992. The maximum Gasteiger partial charge on any atom is 0.349 e. The lowest BCUT2D eigenvalue weighted by Crippen LogP contribution is -2.34. The third-order valence-corrected chi connectivity index (χ3v) is 4.79. The first kappa shape index (κ1) is 16.3. The van der Waals surface area contributed by atoms with E-state index in [0.29, 0.717) is 14.3 Å². The molecule has 118 valence electrons. The van der Waals surface area contributed by atoms with Crippen molar-refractivity contribution in [2.24, 2.45) is 0 Å². The molecule has 0 amide bonds. The highest BCUT2D eigenvalue weighted by Crippen LogP contribution is 2.17. The number of alkyl halides is 1. The van der Waals surface area contributed by atoms with Crippen LogP contribution >= 0.6 is 11.6 Å². The van der Waals surface area contributed by atoms with Crippen LogP contribution in [0.4, 0.5) is 0 Å². The zero-order chi connectivity index (χ0) is 16.5. The summed E-state index contributed by atoms with van der Waals surface area (Å²) in [5, 5.41) is -0.947. The number of methoxy groups -OCH3 is 1. The molecule has 9 heteroatoms. The molecule has 7 nitrogen and oxygen atoms in total. The molecule has 0 spiro atoms. The van der Waals surface area contributed by atoms with E-state index < -0.39 is 27.0 Å². The van der Waals surface area contributed by atoms with E-state index in [2.05, 4.69) is 0 Å². The fourth-order valence-corrected chi connectivity index (χ4v) is 3.09. The summed E-state index contributed by atoms with van der Waals surface area (Å²) in [4.78, 5) is 23.7. The Kier molecular flexibility index (Phi) is 4.43. The third kappa shape index (κ3) is 2.79. The first-order valence-corrected chi connectivity index (χ1v) is 8.04. The summed E-state index contributed by atoms with van der Waals surface area (Å²) in [5.74, 6) is -0.217. The minimum Gasteiger partial charge on any atom is -0.497 e. The zero-order valence-electron chi connectivity index (χ0n) is 11.8. The number of imidazole rings is 1. The molecular formula is C13H13ClN2O5S. The van der Waals surface area contributed by atoms with Gasteiger partial charge in [0.1, 0.15) is 11.1 Å². The van der Waals surface area contributed by atoms with Crippen molar-refractivity contribution in [2.45, 2.75) is 17.2 Å². The van der Waals surface area contributed by atoms with Gasteiger partial charge in [-0.3, -0.25) is 4.79 Å². The van der Waals surface area contributed by atoms with Gasteiger partial charge >= 0.3 is 5.69 Å². The second-order valence-corrected chi connectivity index (χ2v) is 6.85. The van der Waals surface area contributed by atoms with Crippen molar-refractivity contribution in [3.05, 3.63) is 47.1 Å². The molecule has 0 aliphatic rings. The highest BCUT2D eigenvalue weighted by molar-refractivity contribution is 7.90. The second-order valence-electron chi connectivity index (χ2n) is 4.38. The lowest BCUT2D eigenvalue weighted by molar-refractivity contribution is 0.0908. The predicted molar refractivity (Wildman–Crippen MR) is 80.2 cm³/mol. The molecule has 0 unspecified atom stereocenters. The normalized spacial score (nSPS) is 12.9. The molecule has 1 aromatic carbocycles. The standard InChI is InChI=1S/C13H13ClN2O5S/c1-9(14)12(17)15-7-8-16(13(15)18)22(19,20)11-5-3-10(21-2)4-6-11/h3-9H,1-2H3/t9-/m1/s1. The summed E-state index contributed by atoms with van der Waals surface area (Å²) >= 11 is 5.63. The molecular weight excluding hydrogens is 332 g/mol. The van der Waals surface area contributed by atoms with E-state index in [1.165, 1.54) is 38.3 Å². The van der Waals surface area contributed by atoms with E-state index in [-0.39, 0.29) is 4.90 Å². The van der Waals surface area contributed by atoms with Crippen molar-refractivity contribution in [1.82, 2.24) is 8.54 Å². The van der Waals surface area contributed by atoms with Crippen molar-refractivity contribution in [2.75, 3.05) is 7.11 Å². The van der Waals surface area contributed by atoms with Crippen molar-refractivity contribution >= 4 is 27.5 Å². The van der Waals surface area contributed by atoms with Crippen LogP contribution in [-0.4, -0.2) is 35.4 Å². The van der Waals surface area contributed by atoms with Crippen molar-refractivity contribution in [3.63, 3.8) is 0 Å². The molecule has 1 atom stereocenters. The number of benzene rings is 1. The van der Waals surface area contributed by atoms with E-state index >= 15 is 0 Å². The molecule has 2 rings (SSSR count). The number of nitrogens with zero attached hydrogens (tertiary/aromatic N) is 2. The van der Waals surface area contributed by atoms with E-state index in [9.17, 15) is 18.0 Å². The summed E-state index contributed by atoms with van der Waals surface area (Å²) in [6.45, 7) is 1.39. The molecule has 2 aromatic rings. The van der Waals surface area contributed by atoms with Gasteiger partial charge in [0.05, 0.1) is 12.0 Å². The van der Waals surface area contributed by atoms with E-state index in [1.54, 1.807) is 0 Å². The van der Waals surface area contributed by atoms with Crippen LogP contribution in [0.5, 0.6) is 5.75 Å². The van der Waals surface area contributed by atoms with Crippen LogP contribution in [0.25, 0.3) is 0 Å². The number of carbonyl (C=O) groups is 1. The summed E-state index contributed by atoms with van der Waals surface area (Å²) in [6, 6.07) is 5.54. The highest BCUT2D eigenvalue weighted by Gasteiger charge is 2.23. The van der Waals surface area contributed by atoms with Crippen molar-refractivity contribution < 1.29 is 17.9 Å². The van der Waals surface area contributed by atoms with Crippen LogP contribution in [-0.2, 0) is 10.0 Å². The van der Waals surface area contributed by atoms with Crippen LogP contribution in [0, 0.1) is 0 Å². The Balaban J connectivity index is 2.50. The maximum atomic E-state index is 12.4. The quantitative estimate of drug-likeness (QED) is 0.777. The van der Waals surface area contributed by atoms with E-state index in [1.807, 2.05) is 0 Å². The Hall–Kier alpha value is -2.06. The van der Waals surface area contributed by atoms with Crippen molar-refractivity contribution in [1.29, 1.82) is 0 Å². The highest BCUT2D eigenvalue weighted by atomic mass is 35.5. The van der Waals surface area contributed by atoms with Gasteiger partial charge in [0.2, 0.25) is 0 Å². The molecule has 0 bridgehead atoms. The van der Waals surface area contributed by atoms with E-state index in [0.717, 1.165) is 12.4 Å². The SMILES string of the molecule is COc1ccc(S(=O)(=O)n2ccn(C(=O)[C@@H](C)Cl)c2=O)cc1. The number of aromatic nitrogens is 2. The van der Waals surface area contributed by atoms with Crippen LogP contribution in [0.15, 0.2) is 46.3 Å². The van der Waals surface area contributed by atoms with Gasteiger partial charge < -0.3 is 4.74 Å². The molecule has 0 radical (unpaired) electrons. The number of ether oxygens (including phenoxy) is 1. The Morgan fingerprint density at radius 1 is 1.23 bits per heavy atom. The Morgan fingerprint density at radius 2 is 1.82 bits per heavy atom. The van der Waals surface area contributed by atoms with Gasteiger partial charge in [0.15, 0.2) is 0 Å². The van der Waals surface area contributed by atoms with Gasteiger partial charge in [-0.15, -0.1) is 11.6 Å². The number of halogens is 1. The monoisotopic (exact) mass is 344 g/mol. The largest absolute Gasteiger partial charge is 0.497 e. The molecule has 22 heavy (non-hydrogen) atoms. The Bertz CT molecular complexity index is 849. The Morgan fingerprint density at radius 3 is 2.32 bits per heavy atom. The molecule has 0 aliphatic carbocycles. The first-order valence-electron chi connectivity index (χ1n) is 6.17.